The van der Waals surface area contributed by atoms with E-state index in [1.54, 1.807) is 55.7 Å². The van der Waals surface area contributed by atoms with E-state index in [1.807, 2.05) is 36.4 Å². The number of hydrogen-bond donors (Lipinski definition) is 1. The summed E-state index contributed by atoms with van der Waals surface area (Å²) < 4.78 is 6.15. The largest absolute Gasteiger partial charge is 0.508 e. The number of allylic oxidation sites excluding steroid dienone is 3. The van der Waals surface area contributed by atoms with Gasteiger partial charge in [0.15, 0.2) is 0 Å². The number of nitrogens with zero attached hydrogens (tertiary/aromatic N) is 2. The molecule has 8 rings (SSSR count). The summed E-state index contributed by atoms with van der Waals surface area (Å²) in [4.78, 5) is 59.8. The van der Waals surface area contributed by atoms with E-state index in [4.69, 9.17) is 16.3 Å². The minimum atomic E-state index is -1.37. The van der Waals surface area contributed by atoms with Crippen molar-refractivity contribution in [1.82, 2.24) is 4.90 Å². The fourth-order valence-electron chi connectivity index (χ4n) is 8.94. The quantitative estimate of drug-likeness (QED) is 0.297. The van der Waals surface area contributed by atoms with Crippen LogP contribution in [0.5, 0.6) is 11.5 Å². The zero-order chi connectivity index (χ0) is 31.9. The number of carbonyl (C=O) groups excluding carboxylic acids is 4. The smallest absolute Gasteiger partial charge is 0.246 e. The number of anilines is 1. The van der Waals surface area contributed by atoms with Gasteiger partial charge in [0.25, 0.3) is 0 Å². The average molecular weight is 635 g/mol. The van der Waals surface area contributed by atoms with E-state index < -0.39 is 35.0 Å². The van der Waals surface area contributed by atoms with Crippen molar-refractivity contribution < 1.29 is 29.0 Å². The van der Waals surface area contributed by atoms with Crippen LogP contribution in [0.25, 0.3) is 0 Å². The number of imide groups is 2. The van der Waals surface area contributed by atoms with Crippen LogP contribution in [0, 0.1) is 29.6 Å². The molecule has 2 aliphatic carbocycles. The summed E-state index contributed by atoms with van der Waals surface area (Å²) in [5.74, 6) is -3.47. The van der Waals surface area contributed by atoms with E-state index in [2.05, 4.69) is 0 Å². The first-order valence-electron chi connectivity index (χ1n) is 15.7. The van der Waals surface area contributed by atoms with Crippen molar-refractivity contribution in [2.45, 2.75) is 31.6 Å². The lowest BCUT2D eigenvalue weighted by molar-refractivity contribution is -0.140. The molecular weight excluding hydrogens is 604 g/mol. The monoisotopic (exact) mass is 634 g/mol. The average Bonchev–Trinajstić information content (AvgIpc) is 3.45. The number of phenolic OH excluding ortho intramolecular Hbond substituents is 1. The number of ether oxygens (including phenoxy) is 1. The molecule has 232 valence electrons. The number of hydrogen-bond acceptors (Lipinski definition) is 6. The molecule has 0 spiro atoms. The summed E-state index contributed by atoms with van der Waals surface area (Å²) in [6, 6.07) is 21.0. The number of likely N-dealkylation sites (tertiary alicyclic amines) is 1. The van der Waals surface area contributed by atoms with E-state index in [1.165, 1.54) is 9.80 Å². The van der Waals surface area contributed by atoms with Crippen molar-refractivity contribution >= 4 is 40.9 Å². The predicted molar refractivity (Wildman–Crippen MR) is 170 cm³/mol. The first-order chi connectivity index (χ1) is 22.2. The summed E-state index contributed by atoms with van der Waals surface area (Å²) >= 11 is 6.37. The summed E-state index contributed by atoms with van der Waals surface area (Å²) in [6.45, 7) is 2.08. The van der Waals surface area contributed by atoms with Crippen LogP contribution in [-0.4, -0.2) is 40.2 Å². The molecule has 4 amide bonds. The topological polar surface area (TPSA) is 104 Å². The van der Waals surface area contributed by atoms with Crippen LogP contribution in [0.4, 0.5) is 5.69 Å². The maximum atomic E-state index is 15.3. The number of aromatic hydroxyl groups is 1. The number of carbonyl (C=O) groups is 4. The zero-order valence-corrected chi connectivity index (χ0v) is 25.8. The molecule has 1 saturated carbocycles. The van der Waals surface area contributed by atoms with E-state index in [0.717, 1.165) is 16.7 Å². The molecule has 3 aliphatic heterocycles. The molecule has 46 heavy (non-hydrogen) atoms. The van der Waals surface area contributed by atoms with Crippen molar-refractivity contribution in [1.29, 1.82) is 0 Å². The van der Waals surface area contributed by atoms with Gasteiger partial charge in [0.1, 0.15) is 11.5 Å². The van der Waals surface area contributed by atoms with Crippen LogP contribution in [0.1, 0.15) is 30.9 Å². The Morgan fingerprint density at radius 1 is 0.935 bits per heavy atom. The third-order valence-electron chi connectivity index (χ3n) is 10.7. The molecule has 1 N–H and O–H groups in total. The maximum Gasteiger partial charge on any atom is 0.246 e. The van der Waals surface area contributed by atoms with Gasteiger partial charge in [-0.2, -0.15) is 0 Å². The van der Waals surface area contributed by atoms with Crippen molar-refractivity contribution in [3.8, 4) is 11.5 Å². The van der Waals surface area contributed by atoms with Crippen molar-refractivity contribution in [3.63, 3.8) is 0 Å². The van der Waals surface area contributed by atoms with Crippen molar-refractivity contribution in [2.75, 3.05) is 11.4 Å². The molecule has 3 aromatic carbocycles. The molecule has 9 heteroatoms. The summed E-state index contributed by atoms with van der Waals surface area (Å²) in [5.41, 5.74) is 2.11. The lowest BCUT2D eigenvalue weighted by atomic mass is 9.48. The van der Waals surface area contributed by atoms with Gasteiger partial charge in [0.2, 0.25) is 23.6 Å². The number of benzene rings is 3. The highest BCUT2D eigenvalue weighted by Gasteiger charge is 2.70. The molecule has 0 aromatic heterocycles. The van der Waals surface area contributed by atoms with Gasteiger partial charge < -0.3 is 9.84 Å². The molecule has 0 radical (unpaired) electrons. The molecule has 3 fully saturated rings. The van der Waals surface area contributed by atoms with Gasteiger partial charge >= 0.3 is 0 Å². The van der Waals surface area contributed by atoms with Crippen LogP contribution in [0.3, 0.4) is 0 Å². The van der Waals surface area contributed by atoms with Gasteiger partial charge in [-0.3, -0.25) is 24.1 Å². The number of halogens is 1. The molecule has 0 bridgehead atoms. The second kappa shape index (κ2) is 10.4. The molecule has 6 atom stereocenters. The lowest BCUT2D eigenvalue weighted by Crippen LogP contribution is -2.55. The minimum absolute atomic E-state index is 0.0921. The predicted octanol–water partition coefficient (Wildman–Crippen LogP) is 5.58. The minimum Gasteiger partial charge on any atom is -0.508 e. The van der Waals surface area contributed by atoms with Gasteiger partial charge in [-0.15, -0.1) is 0 Å². The Morgan fingerprint density at radius 3 is 2.50 bits per heavy atom. The van der Waals surface area contributed by atoms with Crippen LogP contribution in [0.2, 0.25) is 5.02 Å². The van der Waals surface area contributed by atoms with Gasteiger partial charge in [-0.25, -0.2) is 4.90 Å². The number of fused-ring (bicyclic) bond motifs is 5. The third-order valence-corrected chi connectivity index (χ3v) is 11.0. The Hall–Kier alpha value is -4.69. The van der Waals surface area contributed by atoms with Gasteiger partial charge in [-0.1, -0.05) is 59.6 Å². The molecule has 6 unspecified atom stereocenters. The molecule has 5 aliphatic rings. The highest BCUT2D eigenvalue weighted by Crippen LogP contribution is 2.63. The summed E-state index contributed by atoms with van der Waals surface area (Å²) in [7, 11) is 0. The molecule has 3 aromatic rings. The van der Waals surface area contributed by atoms with Crippen molar-refractivity contribution in [3.05, 3.63) is 112 Å². The third kappa shape index (κ3) is 3.86. The zero-order valence-electron chi connectivity index (χ0n) is 25.1. The van der Waals surface area contributed by atoms with Crippen LogP contribution in [0.15, 0.2) is 96.3 Å². The van der Waals surface area contributed by atoms with E-state index >= 15 is 4.79 Å². The SMILES string of the molecule is CCN1C(=O)C2CC=C3C(CC4C(=O)N(c5cccc(Cl)c5)C(=O)C4(c4ccccc4)C3C3=COc4ccc(O)cc4C3)C2C1=O. The first kappa shape index (κ1) is 28.8. The van der Waals surface area contributed by atoms with Crippen LogP contribution >= 0.6 is 11.6 Å². The number of phenols is 1. The van der Waals surface area contributed by atoms with Gasteiger partial charge in [-0.05, 0) is 73.2 Å². The van der Waals surface area contributed by atoms with Crippen molar-refractivity contribution in [2.24, 2.45) is 29.6 Å². The Morgan fingerprint density at radius 2 is 1.74 bits per heavy atom. The Labute approximate surface area is 270 Å². The lowest BCUT2D eigenvalue weighted by Gasteiger charge is -2.51. The Kier molecular flexibility index (Phi) is 6.52. The summed E-state index contributed by atoms with van der Waals surface area (Å²) in [6.07, 6.45) is 4.68. The van der Waals surface area contributed by atoms with Crippen LogP contribution in [-0.2, 0) is 31.0 Å². The molecular formula is C37H31ClN2O6. The fourth-order valence-corrected chi connectivity index (χ4v) is 9.12. The van der Waals surface area contributed by atoms with Gasteiger partial charge in [0, 0.05) is 29.5 Å². The highest BCUT2D eigenvalue weighted by atomic mass is 35.5. The maximum absolute atomic E-state index is 15.3. The molecule has 2 saturated heterocycles. The normalized spacial score (nSPS) is 29.8. The number of rotatable bonds is 4. The summed E-state index contributed by atoms with van der Waals surface area (Å²) in [5, 5.41) is 10.7. The standard InChI is InChI=1S/C37H31ClN2O6/c1-2-39-33(42)27-13-12-26-28(31(27)35(39)44)18-29-34(43)40(24-10-6-9-23(38)17-24)36(45)37(29,22-7-4-3-5-8-22)32(26)21-15-20-16-25(41)11-14-30(20)46-19-21/h3-12,14,16-17,19,27-29,31-32,41H,2,13,15,18H2,1H3. The molecule has 8 nitrogen and oxygen atoms in total. The van der Waals surface area contributed by atoms with E-state index in [9.17, 15) is 19.5 Å². The second-order valence-electron chi connectivity index (χ2n) is 12.8. The Balaban J connectivity index is 1.37. The van der Waals surface area contributed by atoms with E-state index in [-0.39, 0.29) is 42.3 Å². The first-order valence-corrected chi connectivity index (χ1v) is 16.1. The Bertz CT molecular complexity index is 1900. The second-order valence-corrected chi connectivity index (χ2v) is 13.2. The van der Waals surface area contributed by atoms with E-state index in [0.29, 0.717) is 34.9 Å². The highest BCUT2D eigenvalue weighted by molar-refractivity contribution is 6.32. The van der Waals surface area contributed by atoms with Crippen LogP contribution < -0.4 is 9.64 Å². The number of amides is 4. The van der Waals surface area contributed by atoms with Gasteiger partial charge in [0.05, 0.1) is 35.1 Å². The molecule has 3 heterocycles. The fraction of sp³-hybridized carbons (Fsp3) is 0.297.